The van der Waals surface area contributed by atoms with E-state index >= 15 is 0 Å². The maximum atomic E-state index is 2.55. The van der Waals surface area contributed by atoms with E-state index in [0.29, 0.717) is 0 Å². The molecule has 0 aliphatic heterocycles. The van der Waals surface area contributed by atoms with Crippen LogP contribution >= 0.6 is 0 Å². The third-order valence-electron chi connectivity index (χ3n) is 18.5. The van der Waals surface area contributed by atoms with Crippen LogP contribution in [0.3, 0.4) is 0 Å². The Labute approximate surface area is 455 Å². The third-order valence-corrected chi connectivity index (χ3v) is 46.7. The fraction of sp³-hybridized carbons (Fsp3) is 0.661. The van der Waals surface area contributed by atoms with Gasteiger partial charge < -0.3 is 0 Å². The molecular weight excluding hydrogens is 1100 g/mol. The zero-order valence-corrected chi connectivity index (χ0v) is 58.0. The van der Waals surface area contributed by atoms with Crippen LogP contribution in [0.4, 0.5) is 0 Å². The van der Waals surface area contributed by atoms with Gasteiger partial charge in [0.25, 0.3) is 0 Å². The van der Waals surface area contributed by atoms with Crippen molar-refractivity contribution in [3.63, 3.8) is 0 Å². The van der Waals surface area contributed by atoms with E-state index in [-0.39, 0.29) is 31.1 Å². The normalized spacial score (nSPS) is 20.6. The van der Waals surface area contributed by atoms with Gasteiger partial charge in [0, 0.05) is 31.1 Å². The van der Waals surface area contributed by atoms with Crippen molar-refractivity contribution in [2.24, 2.45) is 0 Å². The zero-order valence-electron chi connectivity index (χ0n) is 49.9. The summed E-state index contributed by atoms with van der Waals surface area (Å²) in [5.74, 6) is 7.34. The predicted octanol–water partition coefficient (Wildman–Crippen LogP) is 20.6. The number of hydrogen-bond acceptors (Lipinski definition) is 0. The molecule has 67 heavy (non-hydrogen) atoms. The van der Waals surface area contributed by atoms with Crippen molar-refractivity contribution >= 4 is 32.3 Å². The topological polar surface area (TPSA) is 0 Å². The van der Waals surface area contributed by atoms with Crippen LogP contribution in [-0.2, 0) is 0 Å². The molecule has 0 aromatic heterocycles. The van der Waals surface area contributed by atoms with Gasteiger partial charge in [0.05, 0.1) is 32.3 Å². The van der Waals surface area contributed by atoms with E-state index in [1.165, 1.54) is 29.6 Å². The summed E-state index contributed by atoms with van der Waals surface area (Å²) in [6.45, 7) is 70.2. The van der Waals surface area contributed by atoms with E-state index in [0.717, 1.165) is 66.5 Å². The average molecular weight is 1210 g/mol. The van der Waals surface area contributed by atoms with Crippen molar-refractivity contribution in [2.45, 2.75) is 267 Å². The first-order valence-corrected chi connectivity index (χ1v) is 36.0. The van der Waals surface area contributed by atoms with Crippen LogP contribution in [-0.4, -0.2) is 32.3 Å². The average Bonchev–Trinajstić information content (AvgIpc) is 3.32. The Bertz CT molecular complexity index is 1010. The van der Waals surface area contributed by atoms with Gasteiger partial charge in [-0.1, -0.05) is 267 Å². The van der Waals surface area contributed by atoms with Crippen LogP contribution in [0.2, 0.25) is 66.5 Å². The van der Waals surface area contributed by atoms with Crippen LogP contribution in [0, 0.1) is 160 Å². The minimum absolute atomic E-state index is 0. The molecule has 379 valence electrons. The van der Waals surface area contributed by atoms with E-state index in [1.54, 1.807) is 22.2 Å². The van der Waals surface area contributed by atoms with Gasteiger partial charge in [0.15, 0.2) is 0 Å². The van der Waals surface area contributed by atoms with Gasteiger partial charge in [0.2, 0.25) is 0 Å². The monoisotopic (exact) mass is 1210 g/mol. The van der Waals surface area contributed by atoms with Crippen molar-refractivity contribution in [1.82, 2.24) is 0 Å². The molecule has 0 unspecified atom stereocenters. The molecule has 0 saturated heterocycles. The van der Waals surface area contributed by atoms with Crippen LogP contribution in [0.15, 0.2) is 0 Å². The minimum Gasteiger partial charge on any atom is -0.0651 e. The van der Waals surface area contributed by atoms with E-state index in [1.807, 2.05) is 0 Å². The molecule has 0 heterocycles. The second kappa shape index (κ2) is 29.9. The van der Waals surface area contributed by atoms with Gasteiger partial charge in [-0.25, -0.2) is 0 Å². The molecular formula is C62H111Si4U. The van der Waals surface area contributed by atoms with Crippen molar-refractivity contribution in [1.29, 1.82) is 0 Å². The summed E-state index contributed by atoms with van der Waals surface area (Å²) in [5.41, 5.74) is 15.5. The van der Waals surface area contributed by atoms with E-state index in [9.17, 15) is 0 Å². The van der Waals surface area contributed by atoms with E-state index in [4.69, 9.17) is 0 Å². The fourth-order valence-electron chi connectivity index (χ4n) is 15.8. The summed E-state index contributed by atoms with van der Waals surface area (Å²) in [4.78, 5) is 0. The van der Waals surface area contributed by atoms with Crippen LogP contribution in [0.5, 0.6) is 0 Å². The second-order valence-electron chi connectivity index (χ2n) is 24.6. The molecule has 21 radical (unpaired) electrons. The minimum atomic E-state index is -1.64. The van der Waals surface area contributed by atoms with Gasteiger partial charge in [-0.2, -0.15) is 0 Å². The molecule has 3 aliphatic rings. The molecule has 0 atom stereocenters. The van der Waals surface area contributed by atoms with Crippen molar-refractivity contribution in [3.05, 3.63) is 129 Å². The number of rotatable bonds is 16. The smallest absolute Gasteiger partial charge is 0.0651 e. The summed E-state index contributed by atoms with van der Waals surface area (Å²) >= 11 is 0. The molecule has 3 aliphatic carbocycles. The largest absolute Gasteiger partial charge is 0.0684 e. The molecule has 0 bridgehead atoms. The van der Waals surface area contributed by atoms with Crippen molar-refractivity contribution in [3.8, 4) is 0 Å². The summed E-state index contributed by atoms with van der Waals surface area (Å²) in [7, 11) is -6.56. The van der Waals surface area contributed by atoms with Gasteiger partial charge in [0.1, 0.15) is 0 Å². The standard InChI is InChI=1S/2C26H48Si2.C10H15.U/c2*1-19(2)27(20(3)4,21(5)6)25-15-13-14-16-26(18-17-25)28(22(7)8,23(9)10)24(11)12;1-6-7(2)9(4)10(5)8(6)3;/h2*13-24H,1-12H3;1-5H3;. The maximum Gasteiger partial charge on any atom is 0.0684 e. The first kappa shape index (κ1) is 68.9. The third kappa shape index (κ3) is 14.7. The maximum absolute atomic E-state index is 2.55. The molecule has 3 saturated carbocycles. The SMILES string of the molecule is CC(C)[Si]([C]1[CH][CH][CH][CH][C]([Si](C(C)C)(C(C)C)C(C)C)[CH][CH]1)(C(C)C)C(C)C.CC(C)[Si]([C]1[CH][CH][CH][CH][C]([Si](C(C)C)(C(C)C)C(C)C)[CH][CH]1)(C(C)C)C(C)C.C[C]1[C](C)[C](C)[C](C)[C]1C.[U]. The van der Waals surface area contributed by atoms with Crippen LogP contribution < -0.4 is 0 Å². The summed E-state index contributed by atoms with van der Waals surface area (Å²) in [5, 5.41) is 0. The quantitative estimate of drug-likeness (QED) is 0.135. The molecule has 3 fully saturated rings. The Morgan fingerprint density at radius 1 is 0.209 bits per heavy atom. The van der Waals surface area contributed by atoms with E-state index < -0.39 is 32.3 Å². The zero-order chi connectivity index (χ0) is 51.6. The molecule has 0 N–H and O–H groups in total. The molecule has 0 nitrogen and oxygen atoms in total. The number of hydrogen-bond donors (Lipinski definition) is 0. The van der Waals surface area contributed by atoms with Crippen molar-refractivity contribution < 1.29 is 31.1 Å². The Balaban J connectivity index is 0.00000106. The summed E-state index contributed by atoms with van der Waals surface area (Å²) in [6.07, 6.45) is 29.3. The van der Waals surface area contributed by atoms with Crippen molar-refractivity contribution in [2.75, 3.05) is 0 Å². The van der Waals surface area contributed by atoms with Crippen LogP contribution in [0.25, 0.3) is 0 Å². The molecule has 0 amide bonds. The Hall–Kier alpha value is 1.92. The Morgan fingerprint density at radius 3 is 0.403 bits per heavy atom. The Kier molecular flexibility index (Phi) is 30.7. The molecule has 0 aromatic rings. The molecule has 3 rings (SSSR count). The second-order valence-corrected chi connectivity index (χ2v) is 48.3. The van der Waals surface area contributed by atoms with E-state index in [2.05, 4.69) is 278 Å². The van der Waals surface area contributed by atoms with Gasteiger partial charge in [-0.05, 0) is 129 Å². The predicted molar refractivity (Wildman–Crippen MR) is 313 cm³/mol. The fourth-order valence-corrected chi connectivity index (χ4v) is 42.8. The first-order valence-electron chi connectivity index (χ1n) is 27.0. The van der Waals surface area contributed by atoms with Gasteiger partial charge in [-0.15, -0.1) is 0 Å². The van der Waals surface area contributed by atoms with Crippen LogP contribution in [0.1, 0.15) is 201 Å². The molecule has 0 spiro atoms. The molecule has 5 heteroatoms. The molecule has 0 aromatic carbocycles. The summed E-state index contributed by atoms with van der Waals surface area (Å²) < 4.78 is 0. The van der Waals surface area contributed by atoms with Gasteiger partial charge >= 0.3 is 0 Å². The Morgan fingerprint density at radius 2 is 0.313 bits per heavy atom. The first-order chi connectivity index (χ1) is 30.3. The van der Waals surface area contributed by atoms with Gasteiger partial charge in [-0.3, -0.25) is 0 Å². The summed E-state index contributed by atoms with van der Waals surface area (Å²) in [6, 6.07) is 0.